The zero-order valence-corrected chi connectivity index (χ0v) is 12.2. The molecule has 1 heterocycles. The van der Waals surface area contributed by atoms with Gasteiger partial charge in [0.05, 0.1) is 5.56 Å². The minimum atomic E-state index is -1.29. The molecule has 0 radical (unpaired) electrons. The second-order valence-electron chi connectivity index (χ2n) is 4.07. The maximum atomic E-state index is 13.5. The fourth-order valence-corrected chi connectivity index (χ4v) is 2.17. The molecule has 0 saturated carbocycles. The summed E-state index contributed by atoms with van der Waals surface area (Å²) in [6.07, 6.45) is 1.75. The Balaban J connectivity index is 2.30. The average Bonchev–Trinajstić information content (AvgIpc) is 2.43. The van der Waals surface area contributed by atoms with E-state index < -0.39 is 17.7 Å². The number of halogens is 3. The number of amides is 1. The highest BCUT2D eigenvalue weighted by atomic mass is 79.9. The third kappa shape index (κ3) is 3.01. The molecular weight excluding hydrogens is 330 g/mol. The van der Waals surface area contributed by atoms with Crippen LogP contribution in [0.2, 0.25) is 0 Å². The molecule has 1 N–H and O–H groups in total. The standard InChI is InChI=1S/C14H11BrF2N2O/c1-2-8-7-9(15)3-4-11(8)19-14(20)10-5-6-18-13(17)12(10)16/h3-7H,2H2,1H3,(H,19,20). The maximum absolute atomic E-state index is 13.5. The summed E-state index contributed by atoms with van der Waals surface area (Å²) in [5, 5.41) is 2.58. The van der Waals surface area contributed by atoms with Crippen LogP contribution >= 0.6 is 15.9 Å². The summed E-state index contributed by atoms with van der Waals surface area (Å²) in [6.45, 7) is 1.93. The lowest BCUT2D eigenvalue weighted by atomic mass is 10.1. The van der Waals surface area contributed by atoms with Crippen molar-refractivity contribution in [2.75, 3.05) is 5.32 Å². The number of pyridine rings is 1. The molecule has 2 rings (SSSR count). The summed E-state index contributed by atoms with van der Waals surface area (Å²) in [4.78, 5) is 15.1. The molecule has 0 bridgehead atoms. The Morgan fingerprint density at radius 3 is 2.80 bits per heavy atom. The molecule has 0 unspecified atom stereocenters. The molecule has 0 aliphatic rings. The van der Waals surface area contributed by atoms with Gasteiger partial charge in [0.2, 0.25) is 5.95 Å². The monoisotopic (exact) mass is 340 g/mol. The smallest absolute Gasteiger partial charge is 0.258 e. The number of rotatable bonds is 3. The molecular formula is C14H11BrF2N2O. The fraction of sp³-hybridized carbons (Fsp3) is 0.143. The van der Waals surface area contributed by atoms with Gasteiger partial charge in [0.15, 0.2) is 5.82 Å². The Kier molecular flexibility index (Phi) is 4.44. The Morgan fingerprint density at radius 2 is 2.10 bits per heavy atom. The lowest BCUT2D eigenvalue weighted by molar-refractivity contribution is 0.102. The highest BCUT2D eigenvalue weighted by molar-refractivity contribution is 9.10. The number of anilines is 1. The van der Waals surface area contributed by atoms with Crippen LogP contribution in [0.3, 0.4) is 0 Å². The molecule has 104 valence electrons. The number of nitrogens with zero attached hydrogens (tertiary/aromatic N) is 1. The summed E-state index contributed by atoms with van der Waals surface area (Å²) >= 11 is 3.34. The van der Waals surface area contributed by atoms with E-state index in [1.807, 2.05) is 13.0 Å². The van der Waals surface area contributed by atoms with Crippen LogP contribution in [0.1, 0.15) is 22.8 Å². The average molecular weight is 341 g/mol. The fourth-order valence-electron chi connectivity index (χ4n) is 1.76. The van der Waals surface area contributed by atoms with Crippen molar-refractivity contribution in [1.29, 1.82) is 0 Å². The molecule has 3 nitrogen and oxygen atoms in total. The van der Waals surface area contributed by atoms with Gasteiger partial charge in [0, 0.05) is 16.4 Å². The van der Waals surface area contributed by atoms with Crippen LogP contribution in [0.4, 0.5) is 14.5 Å². The molecule has 20 heavy (non-hydrogen) atoms. The van der Waals surface area contributed by atoms with Gasteiger partial charge in [-0.1, -0.05) is 22.9 Å². The SMILES string of the molecule is CCc1cc(Br)ccc1NC(=O)c1ccnc(F)c1F. The van der Waals surface area contributed by atoms with Crippen LogP contribution in [-0.4, -0.2) is 10.9 Å². The van der Waals surface area contributed by atoms with E-state index in [1.54, 1.807) is 12.1 Å². The first-order valence-electron chi connectivity index (χ1n) is 5.92. The van der Waals surface area contributed by atoms with E-state index in [9.17, 15) is 13.6 Å². The first-order chi connectivity index (χ1) is 9.52. The summed E-state index contributed by atoms with van der Waals surface area (Å²) in [6, 6.07) is 6.46. The topological polar surface area (TPSA) is 42.0 Å². The Bertz CT molecular complexity index is 662. The van der Waals surface area contributed by atoms with Crippen LogP contribution in [0.25, 0.3) is 0 Å². The van der Waals surface area contributed by atoms with E-state index in [2.05, 4.69) is 26.2 Å². The molecule has 2 aromatic rings. The van der Waals surface area contributed by atoms with Crippen LogP contribution in [0.5, 0.6) is 0 Å². The largest absolute Gasteiger partial charge is 0.322 e. The van der Waals surface area contributed by atoms with Crippen molar-refractivity contribution in [3.8, 4) is 0 Å². The zero-order chi connectivity index (χ0) is 14.7. The summed E-state index contributed by atoms with van der Waals surface area (Å²) in [5.74, 6) is -3.25. The van der Waals surface area contributed by atoms with Crippen LogP contribution in [0, 0.1) is 11.8 Å². The summed E-state index contributed by atoms with van der Waals surface area (Å²) in [5.41, 5.74) is 1.09. The summed E-state index contributed by atoms with van der Waals surface area (Å²) in [7, 11) is 0. The predicted molar refractivity (Wildman–Crippen MR) is 75.6 cm³/mol. The predicted octanol–water partition coefficient (Wildman–Crippen LogP) is 3.94. The van der Waals surface area contributed by atoms with Gasteiger partial charge in [-0.05, 0) is 36.2 Å². The van der Waals surface area contributed by atoms with Crippen molar-refractivity contribution in [2.24, 2.45) is 0 Å². The molecule has 1 aromatic carbocycles. The number of benzene rings is 1. The van der Waals surface area contributed by atoms with Crippen LogP contribution < -0.4 is 5.32 Å². The molecule has 0 atom stereocenters. The highest BCUT2D eigenvalue weighted by Crippen LogP contribution is 2.22. The van der Waals surface area contributed by atoms with E-state index >= 15 is 0 Å². The number of carbonyl (C=O) groups excluding carboxylic acids is 1. The number of nitrogens with one attached hydrogen (secondary N) is 1. The number of hydrogen-bond donors (Lipinski definition) is 1. The minimum Gasteiger partial charge on any atom is -0.322 e. The van der Waals surface area contributed by atoms with Gasteiger partial charge in [-0.15, -0.1) is 0 Å². The first-order valence-corrected chi connectivity index (χ1v) is 6.72. The van der Waals surface area contributed by atoms with Crippen molar-refractivity contribution in [3.05, 3.63) is 57.8 Å². The van der Waals surface area contributed by atoms with Gasteiger partial charge < -0.3 is 5.32 Å². The third-order valence-corrected chi connectivity index (χ3v) is 3.28. The normalized spacial score (nSPS) is 10.4. The number of hydrogen-bond acceptors (Lipinski definition) is 2. The van der Waals surface area contributed by atoms with Crippen LogP contribution in [-0.2, 0) is 6.42 Å². The minimum absolute atomic E-state index is 0.373. The van der Waals surface area contributed by atoms with Gasteiger partial charge in [0.25, 0.3) is 5.91 Å². The molecule has 1 aromatic heterocycles. The number of aromatic nitrogens is 1. The van der Waals surface area contributed by atoms with Crippen molar-refractivity contribution >= 4 is 27.5 Å². The summed E-state index contributed by atoms with van der Waals surface area (Å²) < 4.78 is 27.4. The van der Waals surface area contributed by atoms with E-state index in [1.165, 1.54) is 0 Å². The lowest BCUT2D eigenvalue weighted by Crippen LogP contribution is -2.16. The second kappa shape index (κ2) is 6.09. The lowest BCUT2D eigenvalue weighted by Gasteiger charge is -2.10. The molecule has 0 spiro atoms. The van der Waals surface area contributed by atoms with E-state index in [0.717, 1.165) is 22.3 Å². The second-order valence-corrected chi connectivity index (χ2v) is 4.99. The first kappa shape index (κ1) is 14.6. The van der Waals surface area contributed by atoms with Crippen molar-refractivity contribution in [3.63, 3.8) is 0 Å². The molecule has 1 amide bonds. The Morgan fingerprint density at radius 1 is 1.35 bits per heavy atom. The van der Waals surface area contributed by atoms with Crippen molar-refractivity contribution in [2.45, 2.75) is 13.3 Å². The molecule has 6 heteroatoms. The molecule has 0 saturated heterocycles. The van der Waals surface area contributed by atoms with Crippen molar-refractivity contribution < 1.29 is 13.6 Å². The number of carbonyl (C=O) groups is 1. The zero-order valence-electron chi connectivity index (χ0n) is 10.6. The van der Waals surface area contributed by atoms with Gasteiger partial charge >= 0.3 is 0 Å². The Labute approximate surface area is 123 Å². The highest BCUT2D eigenvalue weighted by Gasteiger charge is 2.17. The van der Waals surface area contributed by atoms with E-state index in [4.69, 9.17) is 0 Å². The molecule has 0 aliphatic heterocycles. The van der Waals surface area contributed by atoms with Crippen LogP contribution in [0.15, 0.2) is 34.9 Å². The van der Waals surface area contributed by atoms with E-state index in [-0.39, 0.29) is 5.56 Å². The van der Waals surface area contributed by atoms with E-state index in [0.29, 0.717) is 12.1 Å². The maximum Gasteiger partial charge on any atom is 0.258 e. The van der Waals surface area contributed by atoms with Crippen molar-refractivity contribution in [1.82, 2.24) is 4.98 Å². The molecule has 0 aliphatic carbocycles. The Hall–Kier alpha value is -1.82. The van der Waals surface area contributed by atoms with Gasteiger partial charge in [-0.3, -0.25) is 4.79 Å². The number of aryl methyl sites for hydroxylation is 1. The quantitative estimate of drug-likeness (QED) is 0.860. The van der Waals surface area contributed by atoms with Gasteiger partial charge in [0.1, 0.15) is 0 Å². The van der Waals surface area contributed by atoms with Gasteiger partial charge in [-0.2, -0.15) is 4.39 Å². The molecule has 0 fully saturated rings. The van der Waals surface area contributed by atoms with Gasteiger partial charge in [-0.25, -0.2) is 9.37 Å². The third-order valence-electron chi connectivity index (χ3n) is 2.79.